The zero-order valence-electron chi connectivity index (χ0n) is 14.2. The van der Waals surface area contributed by atoms with E-state index in [9.17, 15) is 14.7 Å². The summed E-state index contributed by atoms with van der Waals surface area (Å²) in [5, 5.41) is 12.2. The lowest BCUT2D eigenvalue weighted by molar-refractivity contribution is -0.147. The molecular weight excluding hydrogens is 316 g/mol. The number of amides is 1. The van der Waals surface area contributed by atoms with Crippen molar-refractivity contribution in [1.82, 2.24) is 4.90 Å². The van der Waals surface area contributed by atoms with E-state index in [0.717, 1.165) is 17.8 Å². The first-order valence-corrected chi connectivity index (χ1v) is 8.37. The van der Waals surface area contributed by atoms with Crippen LogP contribution in [0.15, 0.2) is 54.6 Å². The van der Waals surface area contributed by atoms with E-state index in [1.54, 1.807) is 13.0 Å². The predicted octanol–water partition coefficient (Wildman–Crippen LogP) is 3.24. The SMILES string of the molecule is CC1(C(=O)O)CCN(Cc2cccc(C(=O)Nc3ccccc3)c2)C1. The summed E-state index contributed by atoms with van der Waals surface area (Å²) in [5.74, 6) is -0.893. The van der Waals surface area contributed by atoms with Crippen molar-refractivity contribution in [3.05, 3.63) is 65.7 Å². The average Bonchev–Trinajstić information content (AvgIpc) is 2.98. The molecular formula is C20H22N2O3. The second-order valence-corrected chi connectivity index (χ2v) is 6.85. The van der Waals surface area contributed by atoms with Crippen LogP contribution in [-0.4, -0.2) is 35.0 Å². The topological polar surface area (TPSA) is 69.6 Å². The number of likely N-dealkylation sites (tertiary alicyclic amines) is 1. The number of benzene rings is 2. The number of hydrogen-bond acceptors (Lipinski definition) is 3. The summed E-state index contributed by atoms with van der Waals surface area (Å²) >= 11 is 0. The molecule has 1 saturated heterocycles. The first-order chi connectivity index (χ1) is 12.0. The highest BCUT2D eigenvalue weighted by Crippen LogP contribution is 2.31. The molecule has 5 nitrogen and oxygen atoms in total. The van der Waals surface area contributed by atoms with Crippen LogP contribution in [0.2, 0.25) is 0 Å². The number of anilines is 1. The highest BCUT2D eigenvalue weighted by Gasteiger charge is 2.40. The van der Waals surface area contributed by atoms with Crippen LogP contribution < -0.4 is 5.32 Å². The Hall–Kier alpha value is -2.66. The van der Waals surface area contributed by atoms with Gasteiger partial charge in [-0.05, 0) is 49.7 Å². The molecule has 0 saturated carbocycles. The van der Waals surface area contributed by atoms with E-state index in [2.05, 4.69) is 10.2 Å². The molecule has 1 atom stereocenters. The lowest BCUT2D eigenvalue weighted by Crippen LogP contribution is -2.31. The maximum absolute atomic E-state index is 12.4. The smallest absolute Gasteiger partial charge is 0.310 e. The number of hydrogen-bond donors (Lipinski definition) is 2. The number of rotatable bonds is 5. The Morgan fingerprint density at radius 2 is 1.92 bits per heavy atom. The van der Waals surface area contributed by atoms with E-state index in [-0.39, 0.29) is 5.91 Å². The molecule has 0 radical (unpaired) electrons. The minimum atomic E-state index is -0.744. The normalized spacial score (nSPS) is 20.4. The van der Waals surface area contributed by atoms with Gasteiger partial charge >= 0.3 is 5.97 Å². The maximum Gasteiger partial charge on any atom is 0.310 e. The predicted molar refractivity (Wildman–Crippen MR) is 96.5 cm³/mol. The second kappa shape index (κ2) is 7.07. The van der Waals surface area contributed by atoms with Gasteiger partial charge in [0.05, 0.1) is 5.41 Å². The van der Waals surface area contributed by atoms with Gasteiger partial charge in [-0.15, -0.1) is 0 Å². The number of carboxylic acids is 1. The van der Waals surface area contributed by atoms with E-state index in [1.807, 2.05) is 48.5 Å². The molecule has 0 aliphatic carbocycles. The molecule has 2 N–H and O–H groups in total. The van der Waals surface area contributed by atoms with Gasteiger partial charge in [0.25, 0.3) is 5.91 Å². The minimum absolute atomic E-state index is 0.148. The van der Waals surface area contributed by atoms with Crippen LogP contribution in [0.3, 0.4) is 0 Å². The number of carbonyl (C=O) groups is 2. The van der Waals surface area contributed by atoms with Crippen LogP contribution in [-0.2, 0) is 11.3 Å². The molecule has 1 fully saturated rings. The van der Waals surface area contributed by atoms with Crippen LogP contribution in [0.25, 0.3) is 0 Å². The Labute approximate surface area is 147 Å². The quantitative estimate of drug-likeness (QED) is 0.878. The summed E-state index contributed by atoms with van der Waals surface area (Å²) in [6, 6.07) is 16.8. The van der Waals surface area contributed by atoms with Gasteiger partial charge in [-0.25, -0.2) is 0 Å². The van der Waals surface area contributed by atoms with Gasteiger partial charge in [-0.3, -0.25) is 14.5 Å². The molecule has 0 spiro atoms. The standard InChI is InChI=1S/C20H22N2O3/c1-20(19(24)25)10-11-22(14-20)13-15-6-5-7-16(12-15)18(23)21-17-8-3-2-4-9-17/h2-9,12H,10-11,13-14H2,1H3,(H,21,23)(H,24,25). The molecule has 1 amide bonds. The summed E-state index contributed by atoms with van der Waals surface area (Å²) in [5.41, 5.74) is 1.69. The molecule has 3 rings (SSSR count). The molecule has 0 aromatic heterocycles. The number of carboxylic acid groups (broad SMARTS) is 1. The van der Waals surface area contributed by atoms with Crippen molar-refractivity contribution in [3.8, 4) is 0 Å². The van der Waals surface area contributed by atoms with Crippen molar-refractivity contribution in [2.24, 2.45) is 5.41 Å². The first kappa shape index (κ1) is 17.2. The fourth-order valence-corrected chi connectivity index (χ4v) is 3.16. The number of carbonyl (C=O) groups excluding carboxylic acids is 1. The summed E-state index contributed by atoms with van der Waals surface area (Å²) in [4.78, 5) is 25.9. The first-order valence-electron chi connectivity index (χ1n) is 8.37. The van der Waals surface area contributed by atoms with Crippen molar-refractivity contribution in [2.45, 2.75) is 19.9 Å². The number of aliphatic carboxylic acids is 1. The lowest BCUT2D eigenvalue weighted by Gasteiger charge is -2.20. The van der Waals surface area contributed by atoms with Crippen molar-refractivity contribution in [3.63, 3.8) is 0 Å². The molecule has 1 heterocycles. The zero-order chi connectivity index (χ0) is 17.9. The van der Waals surface area contributed by atoms with Gasteiger partial charge in [0.1, 0.15) is 0 Å². The van der Waals surface area contributed by atoms with E-state index in [4.69, 9.17) is 0 Å². The van der Waals surface area contributed by atoms with Gasteiger partial charge in [0.15, 0.2) is 0 Å². The Morgan fingerprint density at radius 1 is 1.16 bits per heavy atom. The van der Waals surface area contributed by atoms with Crippen LogP contribution >= 0.6 is 0 Å². The Bertz CT molecular complexity index is 776. The summed E-state index contributed by atoms with van der Waals surface area (Å²) in [6.45, 7) is 3.72. The number of nitrogens with one attached hydrogen (secondary N) is 1. The molecule has 130 valence electrons. The van der Waals surface area contributed by atoms with Crippen LogP contribution in [0.4, 0.5) is 5.69 Å². The van der Waals surface area contributed by atoms with E-state index in [1.165, 1.54) is 0 Å². The van der Waals surface area contributed by atoms with Gasteiger partial charge in [0, 0.05) is 24.3 Å². The largest absolute Gasteiger partial charge is 0.481 e. The van der Waals surface area contributed by atoms with Crippen LogP contribution in [0.5, 0.6) is 0 Å². The van der Waals surface area contributed by atoms with Crippen molar-refractivity contribution >= 4 is 17.6 Å². The monoisotopic (exact) mass is 338 g/mol. The molecule has 2 aromatic carbocycles. The molecule has 5 heteroatoms. The fraction of sp³-hybridized carbons (Fsp3) is 0.300. The Balaban J connectivity index is 1.66. The van der Waals surface area contributed by atoms with E-state index >= 15 is 0 Å². The number of para-hydroxylation sites is 1. The summed E-state index contributed by atoms with van der Waals surface area (Å²) in [7, 11) is 0. The van der Waals surface area contributed by atoms with Crippen LogP contribution in [0.1, 0.15) is 29.3 Å². The highest BCUT2D eigenvalue weighted by atomic mass is 16.4. The average molecular weight is 338 g/mol. The molecule has 25 heavy (non-hydrogen) atoms. The van der Waals surface area contributed by atoms with Gasteiger partial charge in [-0.1, -0.05) is 30.3 Å². The van der Waals surface area contributed by atoms with Gasteiger partial charge in [-0.2, -0.15) is 0 Å². The Kier molecular flexibility index (Phi) is 4.86. The van der Waals surface area contributed by atoms with E-state index < -0.39 is 11.4 Å². The maximum atomic E-state index is 12.4. The molecule has 1 aliphatic heterocycles. The molecule has 2 aromatic rings. The Morgan fingerprint density at radius 3 is 2.60 bits per heavy atom. The zero-order valence-corrected chi connectivity index (χ0v) is 14.2. The molecule has 1 aliphatic rings. The van der Waals surface area contributed by atoms with Gasteiger partial charge < -0.3 is 10.4 Å². The van der Waals surface area contributed by atoms with Crippen LogP contribution in [0, 0.1) is 5.41 Å². The van der Waals surface area contributed by atoms with Crippen molar-refractivity contribution in [1.29, 1.82) is 0 Å². The van der Waals surface area contributed by atoms with E-state index in [0.29, 0.717) is 25.1 Å². The fourth-order valence-electron chi connectivity index (χ4n) is 3.16. The lowest BCUT2D eigenvalue weighted by atomic mass is 9.90. The third-order valence-electron chi connectivity index (χ3n) is 4.70. The highest BCUT2D eigenvalue weighted by molar-refractivity contribution is 6.04. The third-order valence-corrected chi connectivity index (χ3v) is 4.70. The second-order valence-electron chi connectivity index (χ2n) is 6.85. The minimum Gasteiger partial charge on any atom is -0.481 e. The van der Waals surface area contributed by atoms with Crippen molar-refractivity contribution < 1.29 is 14.7 Å². The van der Waals surface area contributed by atoms with Gasteiger partial charge in [0.2, 0.25) is 0 Å². The molecule has 1 unspecified atom stereocenters. The molecule has 0 bridgehead atoms. The van der Waals surface area contributed by atoms with Crippen molar-refractivity contribution in [2.75, 3.05) is 18.4 Å². The summed E-state index contributed by atoms with van der Waals surface area (Å²) < 4.78 is 0. The number of nitrogens with zero attached hydrogens (tertiary/aromatic N) is 1. The third kappa shape index (κ3) is 4.06. The summed E-state index contributed by atoms with van der Waals surface area (Å²) in [6.07, 6.45) is 0.649.